The topological polar surface area (TPSA) is 23.8 Å². The molecule has 0 amide bonds. The summed E-state index contributed by atoms with van der Waals surface area (Å²) in [5, 5.41) is 0. The van der Waals surface area contributed by atoms with Crippen molar-refractivity contribution in [3.8, 4) is 0 Å². The van der Waals surface area contributed by atoms with Crippen LogP contribution in [0, 0.1) is 0 Å². The number of benzene rings is 1. The first-order chi connectivity index (χ1) is 5.42. The van der Waals surface area contributed by atoms with Crippen molar-refractivity contribution in [2.45, 2.75) is 5.92 Å². The summed E-state index contributed by atoms with van der Waals surface area (Å²) < 4.78 is 0. The highest BCUT2D eigenvalue weighted by atomic mass is 14.5. The Morgan fingerprint density at radius 3 is 2.91 bits per heavy atom. The van der Waals surface area contributed by atoms with E-state index in [0.29, 0.717) is 12.5 Å². The summed E-state index contributed by atoms with van der Waals surface area (Å²) in [7, 11) is 0. The average molecular weight is 144 g/mol. The highest BCUT2D eigenvalue weighted by molar-refractivity contribution is 5.62. The highest BCUT2D eigenvalue weighted by Crippen LogP contribution is 2.28. The summed E-state index contributed by atoms with van der Waals surface area (Å²) in [4.78, 5) is 0. The molecule has 0 bridgehead atoms. The lowest BCUT2D eigenvalue weighted by Crippen LogP contribution is -1.99. The normalized spacial score (nSPS) is 20.3. The van der Waals surface area contributed by atoms with Gasteiger partial charge in [0.05, 0.1) is 0 Å². The van der Waals surface area contributed by atoms with Crippen molar-refractivity contribution in [3.63, 3.8) is 0 Å². The van der Waals surface area contributed by atoms with Crippen LogP contribution in [0.3, 0.4) is 0 Å². The molecule has 0 aromatic heterocycles. The molecular formula is C10H10N. The third kappa shape index (κ3) is 0.976. The first-order valence-electron chi connectivity index (χ1n) is 3.83. The third-order valence-corrected chi connectivity index (χ3v) is 2.12. The van der Waals surface area contributed by atoms with E-state index in [0.717, 1.165) is 0 Å². The fourth-order valence-corrected chi connectivity index (χ4v) is 1.50. The first kappa shape index (κ1) is 6.62. The van der Waals surface area contributed by atoms with Gasteiger partial charge in [-0.3, -0.25) is 5.73 Å². The van der Waals surface area contributed by atoms with Gasteiger partial charge in [0.1, 0.15) is 0 Å². The van der Waals surface area contributed by atoms with Crippen molar-refractivity contribution in [2.24, 2.45) is 0 Å². The number of nitrogens with one attached hydrogen (secondary N) is 1. The molecule has 1 aliphatic rings. The largest absolute Gasteiger partial charge is 0.257 e. The van der Waals surface area contributed by atoms with Crippen LogP contribution in [0.15, 0.2) is 30.3 Å². The highest BCUT2D eigenvalue weighted by Gasteiger charge is 2.13. The van der Waals surface area contributed by atoms with Crippen LogP contribution < -0.4 is 5.73 Å². The first-order valence-corrected chi connectivity index (χ1v) is 3.83. The van der Waals surface area contributed by atoms with Crippen molar-refractivity contribution in [3.05, 3.63) is 41.5 Å². The maximum absolute atomic E-state index is 7.28. The van der Waals surface area contributed by atoms with Gasteiger partial charge in [0, 0.05) is 12.5 Å². The van der Waals surface area contributed by atoms with Crippen LogP contribution in [0.1, 0.15) is 17.0 Å². The molecule has 1 radical (unpaired) electrons. The maximum Gasteiger partial charge on any atom is 0.0204 e. The van der Waals surface area contributed by atoms with Crippen LogP contribution in [0.25, 0.3) is 6.08 Å². The Labute approximate surface area is 66.5 Å². The Hall–Kier alpha value is -1.08. The van der Waals surface area contributed by atoms with Gasteiger partial charge in [-0.2, -0.15) is 0 Å². The molecule has 55 valence electrons. The predicted molar refractivity (Wildman–Crippen MR) is 46.2 cm³/mol. The fourth-order valence-electron chi connectivity index (χ4n) is 1.50. The Kier molecular flexibility index (Phi) is 1.51. The van der Waals surface area contributed by atoms with E-state index in [9.17, 15) is 0 Å². The van der Waals surface area contributed by atoms with Gasteiger partial charge in [-0.1, -0.05) is 36.4 Å². The van der Waals surface area contributed by atoms with E-state index < -0.39 is 0 Å². The number of rotatable bonds is 1. The molecule has 1 aromatic rings. The van der Waals surface area contributed by atoms with Gasteiger partial charge in [0.2, 0.25) is 0 Å². The molecule has 1 N–H and O–H groups in total. The molecular weight excluding hydrogens is 134 g/mol. The molecule has 11 heavy (non-hydrogen) atoms. The van der Waals surface area contributed by atoms with Gasteiger partial charge in [-0.15, -0.1) is 0 Å². The molecule has 1 nitrogen and oxygen atoms in total. The molecule has 0 heterocycles. The molecule has 0 aliphatic heterocycles. The van der Waals surface area contributed by atoms with Gasteiger partial charge >= 0.3 is 0 Å². The molecule has 0 saturated heterocycles. The summed E-state index contributed by atoms with van der Waals surface area (Å²) in [6.45, 7) is 0.466. The Morgan fingerprint density at radius 1 is 1.27 bits per heavy atom. The summed E-state index contributed by atoms with van der Waals surface area (Å²) in [6, 6.07) is 8.28. The van der Waals surface area contributed by atoms with Gasteiger partial charge < -0.3 is 0 Å². The van der Waals surface area contributed by atoms with Crippen LogP contribution in [0.4, 0.5) is 0 Å². The molecule has 1 atom stereocenters. The number of hydrogen-bond donors (Lipinski definition) is 0. The monoisotopic (exact) mass is 144 g/mol. The lowest BCUT2D eigenvalue weighted by molar-refractivity contribution is 0.843. The van der Waals surface area contributed by atoms with Gasteiger partial charge in [-0.05, 0) is 11.1 Å². The lowest BCUT2D eigenvalue weighted by atomic mass is 10.0. The van der Waals surface area contributed by atoms with Crippen LogP contribution in [0.2, 0.25) is 0 Å². The van der Waals surface area contributed by atoms with E-state index in [2.05, 4.69) is 24.3 Å². The zero-order valence-electron chi connectivity index (χ0n) is 6.25. The molecule has 1 heteroatoms. The average Bonchev–Trinajstić information content (AvgIpc) is 2.47. The van der Waals surface area contributed by atoms with Crippen molar-refractivity contribution in [1.29, 1.82) is 0 Å². The smallest absolute Gasteiger partial charge is 0.0204 e. The summed E-state index contributed by atoms with van der Waals surface area (Å²) in [6.07, 6.45) is 4.21. The Balaban J connectivity index is 2.46. The predicted octanol–water partition coefficient (Wildman–Crippen LogP) is 2.08. The second-order valence-electron chi connectivity index (χ2n) is 2.80. The third-order valence-electron chi connectivity index (χ3n) is 2.12. The van der Waals surface area contributed by atoms with E-state index in [1.54, 1.807) is 0 Å². The standard InChI is InChI=1S/C10H10N/c11-7-9-6-5-8-3-1-2-4-10(8)9/h1-6,9,11H,7H2. The Morgan fingerprint density at radius 2 is 2.09 bits per heavy atom. The van der Waals surface area contributed by atoms with Crippen LogP contribution in [0.5, 0.6) is 0 Å². The maximum atomic E-state index is 7.28. The molecule has 1 aromatic carbocycles. The molecule has 2 rings (SSSR count). The number of fused-ring (bicyclic) bond motifs is 1. The van der Waals surface area contributed by atoms with E-state index in [4.69, 9.17) is 5.73 Å². The van der Waals surface area contributed by atoms with E-state index >= 15 is 0 Å². The zero-order valence-corrected chi connectivity index (χ0v) is 6.25. The minimum atomic E-state index is 0.339. The number of hydrogen-bond acceptors (Lipinski definition) is 0. The van der Waals surface area contributed by atoms with Crippen molar-refractivity contribution >= 4 is 6.08 Å². The molecule has 0 fully saturated rings. The second-order valence-corrected chi connectivity index (χ2v) is 2.80. The van der Waals surface area contributed by atoms with E-state index in [1.165, 1.54) is 11.1 Å². The van der Waals surface area contributed by atoms with Gasteiger partial charge in [0.15, 0.2) is 0 Å². The summed E-state index contributed by atoms with van der Waals surface area (Å²) in [5.74, 6) is 0.339. The zero-order chi connectivity index (χ0) is 7.68. The molecule has 0 spiro atoms. The minimum Gasteiger partial charge on any atom is -0.257 e. The molecule has 1 unspecified atom stereocenters. The van der Waals surface area contributed by atoms with Gasteiger partial charge in [0.25, 0.3) is 0 Å². The quantitative estimate of drug-likeness (QED) is 0.576. The fraction of sp³-hybridized carbons (Fsp3) is 0.200. The molecule has 1 aliphatic carbocycles. The second kappa shape index (κ2) is 2.51. The van der Waals surface area contributed by atoms with E-state index in [-0.39, 0.29) is 0 Å². The van der Waals surface area contributed by atoms with E-state index in [1.807, 2.05) is 12.1 Å². The summed E-state index contributed by atoms with van der Waals surface area (Å²) in [5.41, 5.74) is 9.87. The van der Waals surface area contributed by atoms with Crippen LogP contribution in [-0.2, 0) is 0 Å². The van der Waals surface area contributed by atoms with Crippen molar-refractivity contribution < 1.29 is 0 Å². The SMILES string of the molecule is [NH]CC1C=Cc2ccccc21. The van der Waals surface area contributed by atoms with Crippen LogP contribution in [-0.4, -0.2) is 6.54 Å². The van der Waals surface area contributed by atoms with Gasteiger partial charge in [-0.25, -0.2) is 0 Å². The summed E-state index contributed by atoms with van der Waals surface area (Å²) >= 11 is 0. The Bertz CT molecular complexity index is 289. The molecule has 0 saturated carbocycles. The minimum absolute atomic E-state index is 0.339. The van der Waals surface area contributed by atoms with Crippen molar-refractivity contribution in [1.82, 2.24) is 5.73 Å². The lowest BCUT2D eigenvalue weighted by Gasteiger charge is -2.05. The van der Waals surface area contributed by atoms with Crippen molar-refractivity contribution in [2.75, 3.05) is 6.54 Å². The van der Waals surface area contributed by atoms with Crippen LogP contribution >= 0.6 is 0 Å².